The van der Waals surface area contributed by atoms with Crippen LogP contribution in [0.25, 0.3) is 5.65 Å². The molecule has 2 heterocycles. The molecule has 0 saturated carbocycles. The number of carbonyl (C=O) groups is 1. The summed E-state index contributed by atoms with van der Waals surface area (Å²) in [6.45, 7) is 4.20. The van der Waals surface area contributed by atoms with Crippen LogP contribution in [0.1, 0.15) is 34.2 Å². The minimum Gasteiger partial charge on any atom is -0.348 e. The monoisotopic (exact) mass is 311 g/mol. The van der Waals surface area contributed by atoms with Crippen LogP contribution in [-0.2, 0) is 13.0 Å². The Morgan fingerprint density at radius 1 is 1.26 bits per heavy atom. The van der Waals surface area contributed by atoms with Crippen LogP contribution in [0.5, 0.6) is 0 Å². The Morgan fingerprint density at radius 3 is 2.78 bits per heavy atom. The third kappa shape index (κ3) is 2.95. The normalized spacial score (nSPS) is 10.9. The molecule has 0 aliphatic rings. The summed E-state index contributed by atoms with van der Waals surface area (Å²) in [6, 6.07) is 9.97. The summed E-state index contributed by atoms with van der Waals surface area (Å²) in [5.74, 6) is -0.553. The number of hydrogen-bond donors (Lipinski definition) is 1. The number of benzene rings is 1. The first-order chi connectivity index (χ1) is 11.1. The Bertz CT molecular complexity index is 870. The van der Waals surface area contributed by atoms with E-state index >= 15 is 0 Å². The highest BCUT2D eigenvalue weighted by Crippen LogP contribution is 2.14. The standard InChI is InChI=1S/C18H18FN3O/c1-3-16-12(2)22-11-14(8-9-17(22)21-16)18(23)20-10-13-6-4-5-7-15(13)19/h4-9,11H,3,10H2,1-2H3,(H,20,23). The number of hydrogen-bond acceptors (Lipinski definition) is 2. The number of pyridine rings is 1. The number of nitrogens with zero attached hydrogens (tertiary/aromatic N) is 2. The molecule has 0 unspecified atom stereocenters. The fraction of sp³-hybridized carbons (Fsp3) is 0.222. The molecule has 5 heteroatoms. The molecular formula is C18H18FN3O. The lowest BCUT2D eigenvalue weighted by atomic mass is 10.2. The highest BCUT2D eigenvalue weighted by Gasteiger charge is 2.11. The number of amides is 1. The average Bonchev–Trinajstić information content (AvgIpc) is 2.89. The quantitative estimate of drug-likeness (QED) is 0.804. The van der Waals surface area contributed by atoms with Gasteiger partial charge in [0.1, 0.15) is 11.5 Å². The zero-order chi connectivity index (χ0) is 16.4. The first kappa shape index (κ1) is 15.2. The van der Waals surface area contributed by atoms with Gasteiger partial charge in [0.15, 0.2) is 0 Å². The van der Waals surface area contributed by atoms with Gasteiger partial charge in [-0.25, -0.2) is 9.37 Å². The maximum absolute atomic E-state index is 13.6. The van der Waals surface area contributed by atoms with Crippen LogP contribution in [0.15, 0.2) is 42.6 Å². The van der Waals surface area contributed by atoms with Crippen molar-refractivity contribution in [3.63, 3.8) is 0 Å². The van der Waals surface area contributed by atoms with Crippen LogP contribution in [0, 0.1) is 12.7 Å². The molecule has 2 aromatic heterocycles. The Balaban J connectivity index is 1.81. The SMILES string of the molecule is CCc1nc2ccc(C(=O)NCc3ccccc3F)cn2c1C. The summed E-state index contributed by atoms with van der Waals surface area (Å²) in [5, 5.41) is 2.75. The van der Waals surface area contributed by atoms with E-state index in [0.717, 1.165) is 23.5 Å². The number of imidazole rings is 1. The van der Waals surface area contributed by atoms with Crippen molar-refractivity contribution in [3.8, 4) is 0 Å². The summed E-state index contributed by atoms with van der Waals surface area (Å²) in [5.41, 5.74) is 3.87. The molecule has 0 spiro atoms. The van der Waals surface area contributed by atoms with Gasteiger partial charge >= 0.3 is 0 Å². The number of aromatic nitrogens is 2. The molecule has 23 heavy (non-hydrogen) atoms. The van der Waals surface area contributed by atoms with Gasteiger partial charge in [-0.3, -0.25) is 4.79 Å². The van der Waals surface area contributed by atoms with Crippen LogP contribution < -0.4 is 5.32 Å². The lowest BCUT2D eigenvalue weighted by Crippen LogP contribution is -2.23. The van der Waals surface area contributed by atoms with Crippen LogP contribution in [-0.4, -0.2) is 15.3 Å². The highest BCUT2D eigenvalue weighted by molar-refractivity contribution is 5.94. The lowest BCUT2D eigenvalue weighted by Gasteiger charge is -2.07. The molecule has 1 N–H and O–H groups in total. The largest absolute Gasteiger partial charge is 0.348 e. The van der Waals surface area contributed by atoms with E-state index in [0.29, 0.717) is 11.1 Å². The molecule has 0 bridgehead atoms. The molecule has 1 amide bonds. The van der Waals surface area contributed by atoms with Crippen molar-refractivity contribution in [2.75, 3.05) is 0 Å². The third-order valence-corrected chi connectivity index (χ3v) is 3.95. The third-order valence-electron chi connectivity index (χ3n) is 3.95. The van der Waals surface area contributed by atoms with Gasteiger partial charge in [0, 0.05) is 24.0 Å². The molecule has 0 aliphatic heterocycles. The summed E-state index contributed by atoms with van der Waals surface area (Å²) in [4.78, 5) is 16.8. The van der Waals surface area contributed by atoms with E-state index in [-0.39, 0.29) is 18.3 Å². The van der Waals surface area contributed by atoms with E-state index in [4.69, 9.17) is 0 Å². The Labute approximate surface area is 134 Å². The number of carbonyl (C=O) groups excluding carboxylic acids is 1. The molecule has 3 rings (SSSR count). The molecule has 4 nitrogen and oxygen atoms in total. The molecule has 1 aromatic carbocycles. The fourth-order valence-electron chi connectivity index (χ4n) is 2.60. The van der Waals surface area contributed by atoms with Gasteiger partial charge in [-0.1, -0.05) is 25.1 Å². The fourth-order valence-corrected chi connectivity index (χ4v) is 2.60. The van der Waals surface area contributed by atoms with Crippen molar-refractivity contribution in [3.05, 3.63) is 70.9 Å². The van der Waals surface area contributed by atoms with Crippen LogP contribution in [0.3, 0.4) is 0 Å². The summed E-state index contributed by atoms with van der Waals surface area (Å²) >= 11 is 0. The van der Waals surface area contributed by atoms with Gasteiger partial charge in [-0.15, -0.1) is 0 Å². The Morgan fingerprint density at radius 2 is 2.04 bits per heavy atom. The van der Waals surface area contributed by atoms with Crippen molar-refractivity contribution >= 4 is 11.6 Å². The summed E-state index contributed by atoms with van der Waals surface area (Å²) in [6.07, 6.45) is 2.62. The molecule has 0 atom stereocenters. The Hall–Kier alpha value is -2.69. The molecule has 0 saturated heterocycles. The average molecular weight is 311 g/mol. The number of halogens is 1. The van der Waals surface area contributed by atoms with Gasteiger partial charge in [-0.2, -0.15) is 0 Å². The number of rotatable bonds is 4. The predicted octanol–water partition coefficient (Wildman–Crippen LogP) is 3.27. The molecular weight excluding hydrogens is 293 g/mol. The van der Waals surface area contributed by atoms with Crippen molar-refractivity contribution < 1.29 is 9.18 Å². The molecule has 0 fully saturated rings. The van der Waals surface area contributed by atoms with Gasteiger partial charge in [-0.05, 0) is 31.5 Å². The molecule has 0 radical (unpaired) electrons. The van der Waals surface area contributed by atoms with E-state index in [9.17, 15) is 9.18 Å². The summed E-state index contributed by atoms with van der Waals surface area (Å²) < 4.78 is 15.5. The van der Waals surface area contributed by atoms with E-state index in [2.05, 4.69) is 17.2 Å². The summed E-state index contributed by atoms with van der Waals surface area (Å²) in [7, 11) is 0. The number of fused-ring (bicyclic) bond motifs is 1. The van der Waals surface area contributed by atoms with Gasteiger partial charge in [0.05, 0.1) is 11.3 Å². The molecule has 118 valence electrons. The molecule has 0 aliphatic carbocycles. The van der Waals surface area contributed by atoms with Crippen LogP contribution in [0.2, 0.25) is 0 Å². The predicted molar refractivity (Wildman–Crippen MR) is 86.9 cm³/mol. The van der Waals surface area contributed by atoms with E-state index < -0.39 is 0 Å². The second-order valence-corrected chi connectivity index (χ2v) is 5.42. The van der Waals surface area contributed by atoms with Gasteiger partial charge in [0.2, 0.25) is 0 Å². The van der Waals surface area contributed by atoms with E-state index in [1.54, 1.807) is 30.5 Å². The van der Waals surface area contributed by atoms with Gasteiger partial charge in [0.25, 0.3) is 5.91 Å². The number of nitrogens with one attached hydrogen (secondary N) is 1. The lowest BCUT2D eigenvalue weighted by molar-refractivity contribution is 0.0950. The van der Waals surface area contributed by atoms with Crippen molar-refractivity contribution in [2.45, 2.75) is 26.8 Å². The van der Waals surface area contributed by atoms with Crippen molar-refractivity contribution in [1.82, 2.24) is 14.7 Å². The second-order valence-electron chi connectivity index (χ2n) is 5.42. The maximum Gasteiger partial charge on any atom is 0.253 e. The van der Waals surface area contributed by atoms with Crippen molar-refractivity contribution in [2.24, 2.45) is 0 Å². The zero-order valence-corrected chi connectivity index (χ0v) is 13.1. The molecule has 3 aromatic rings. The maximum atomic E-state index is 13.6. The zero-order valence-electron chi connectivity index (χ0n) is 13.1. The topological polar surface area (TPSA) is 46.4 Å². The van der Waals surface area contributed by atoms with E-state index in [1.165, 1.54) is 6.07 Å². The van der Waals surface area contributed by atoms with Crippen LogP contribution in [0.4, 0.5) is 4.39 Å². The smallest absolute Gasteiger partial charge is 0.253 e. The highest BCUT2D eigenvalue weighted by atomic mass is 19.1. The van der Waals surface area contributed by atoms with Crippen LogP contribution >= 0.6 is 0 Å². The minimum atomic E-state index is -0.318. The minimum absolute atomic E-state index is 0.159. The van der Waals surface area contributed by atoms with Crippen molar-refractivity contribution in [1.29, 1.82) is 0 Å². The first-order valence-electron chi connectivity index (χ1n) is 7.59. The van der Waals surface area contributed by atoms with E-state index in [1.807, 2.05) is 17.4 Å². The number of aryl methyl sites for hydroxylation is 2. The first-order valence-corrected chi connectivity index (χ1v) is 7.59. The van der Waals surface area contributed by atoms with Gasteiger partial charge < -0.3 is 9.72 Å². The second kappa shape index (κ2) is 6.20. The Kier molecular flexibility index (Phi) is 4.10.